The van der Waals surface area contributed by atoms with E-state index >= 15 is 0 Å². The molecule has 0 amide bonds. The summed E-state index contributed by atoms with van der Waals surface area (Å²) in [4.78, 5) is 2.68. The van der Waals surface area contributed by atoms with Gasteiger partial charge in [-0.1, -0.05) is 20.3 Å². The SMILES string of the molecule is CCCCN(CC(C)CCN)C1CC1. The summed E-state index contributed by atoms with van der Waals surface area (Å²) < 4.78 is 0. The lowest BCUT2D eigenvalue weighted by Crippen LogP contribution is -2.32. The van der Waals surface area contributed by atoms with E-state index in [2.05, 4.69) is 18.7 Å². The van der Waals surface area contributed by atoms with Crippen LogP contribution in [0.15, 0.2) is 0 Å². The molecule has 0 aliphatic heterocycles. The second kappa shape index (κ2) is 6.41. The molecule has 2 nitrogen and oxygen atoms in total. The summed E-state index contributed by atoms with van der Waals surface area (Å²) in [6.45, 7) is 8.01. The van der Waals surface area contributed by atoms with Crippen molar-refractivity contribution in [3.05, 3.63) is 0 Å². The zero-order valence-corrected chi connectivity index (χ0v) is 9.84. The Morgan fingerprint density at radius 3 is 2.64 bits per heavy atom. The van der Waals surface area contributed by atoms with Crippen molar-refractivity contribution in [1.82, 2.24) is 4.90 Å². The molecule has 14 heavy (non-hydrogen) atoms. The van der Waals surface area contributed by atoms with E-state index in [1.165, 1.54) is 45.2 Å². The van der Waals surface area contributed by atoms with Gasteiger partial charge >= 0.3 is 0 Å². The fraction of sp³-hybridized carbons (Fsp3) is 1.00. The summed E-state index contributed by atoms with van der Waals surface area (Å²) in [5.74, 6) is 0.775. The number of hydrogen-bond acceptors (Lipinski definition) is 2. The van der Waals surface area contributed by atoms with E-state index in [0.29, 0.717) is 0 Å². The van der Waals surface area contributed by atoms with E-state index in [0.717, 1.165) is 18.5 Å². The highest BCUT2D eigenvalue weighted by atomic mass is 15.2. The topological polar surface area (TPSA) is 29.3 Å². The lowest BCUT2D eigenvalue weighted by molar-refractivity contribution is 0.220. The molecule has 2 N–H and O–H groups in total. The first kappa shape index (κ1) is 12.0. The van der Waals surface area contributed by atoms with Crippen LogP contribution in [0.1, 0.15) is 46.0 Å². The van der Waals surface area contributed by atoms with E-state index in [1.54, 1.807) is 0 Å². The fourth-order valence-electron chi connectivity index (χ4n) is 2.00. The van der Waals surface area contributed by atoms with Crippen LogP contribution in [0.5, 0.6) is 0 Å². The molecule has 84 valence electrons. The van der Waals surface area contributed by atoms with Crippen LogP contribution < -0.4 is 5.73 Å². The van der Waals surface area contributed by atoms with Gasteiger partial charge in [0.05, 0.1) is 0 Å². The van der Waals surface area contributed by atoms with Crippen LogP contribution >= 0.6 is 0 Å². The third-order valence-electron chi connectivity index (χ3n) is 3.07. The number of nitrogens with zero attached hydrogens (tertiary/aromatic N) is 1. The fourth-order valence-corrected chi connectivity index (χ4v) is 2.00. The predicted octanol–water partition coefficient (Wildman–Crippen LogP) is 2.24. The van der Waals surface area contributed by atoms with Crippen molar-refractivity contribution in [2.75, 3.05) is 19.6 Å². The minimum atomic E-state index is 0.775. The Bertz CT molecular complexity index is 143. The molecule has 2 heteroatoms. The molecule has 0 bridgehead atoms. The van der Waals surface area contributed by atoms with Gasteiger partial charge in [-0.2, -0.15) is 0 Å². The van der Waals surface area contributed by atoms with Gasteiger partial charge < -0.3 is 10.6 Å². The normalized spacial score (nSPS) is 18.9. The van der Waals surface area contributed by atoms with Crippen LogP contribution in [-0.2, 0) is 0 Å². The number of nitrogens with two attached hydrogens (primary N) is 1. The van der Waals surface area contributed by atoms with Gasteiger partial charge in [0.15, 0.2) is 0 Å². The van der Waals surface area contributed by atoms with Crippen molar-refractivity contribution < 1.29 is 0 Å². The molecule has 1 rings (SSSR count). The molecule has 0 radical (unpaired) electrons. The third kappa shape index (κ3) is 4.43. The Labute approximate surface area is 88.8 Å². The molecular formula is C12H26N2. The Morgan fingerprint density at radius 2 is 2.14 bits per heavy atom. The summed E-state index contributed by atoms with van der Waals surface area (Å²) in [6, 6.07) is 0.918. The molecule has 1 fully saturated rings. The zero-order chi connectivity index (χ0) is 10.4. The number of unbranched alkanes of at least 4 members (excludes halogenated alkanes) is 1. The van der Waals surface area contributed by atoms with Crippen molar-refractivity contribution in [3.8, 4) is 0 Å². The van der Waals surface area contributed by atoms with Crippen LogP contribution in [-0.4, -0.2) is 30.6 Å². The Hall–Kier alpha value is -0.0800. The minimum Gasteiger partial charge on any atom is -0.330 e. The minimum absolute atomic E-state index is 0.775. The average molecular weight is 198 g/mol. The van der Waals surface area contributed by atoms with Gasteiger partial charge in [0, 0.05) is 12.6 Å². The molecule has 1 aliphatic rings. The lowest BCUT2D eigenvalue weighted by atomic mass is 10.1. The Balaban J connectivity index is 2.20. The van der Waals surface area contributed by atoms with Gasteiger partial charge in [-0.25, -0.2) is 0 Å². The van der Waals surface area contributed by atoms with Crippen LogP contribution in [0, 0.1) is 5.92 Å². The van der Waals surface area contributed by atoms with Gasteiger partial charge in [0.25, 0.3) is 0 Å². The monoisotopic (exact) mass is 198 g/mol. The first-order chi connectivity index (χ1) is 6.77. The molecule has 1 unspecified atom stereocenters. The first-order valence-electron chi connectivity index (χ1n) is 6.22. The van der Waals surface area contributed by atoms with E-state index < -0.39 is 0 Å². The maximum absolute atomic E-state index is 5.58. The first-order valence-corrected chi connectivity index (χ1v) is 6.22. The predicted molar refractivity (Wildman–Crippen MR) is 62.3 cm³/mol. The standard InChI is InChI=1S/C12H26N2/c1-3-4-9-14(12-5-6-12)10-11(2)7-8-13/h11-12H,3-10,13H2,1-2H3. The number of rotatable bonds is 8. The van der Waals surface area contributed by atoms with Crippen LogP contribution in [0.4, 0.5) is 0 Å². The van der Waals surface area contributed by atoms with Crippen molar-refractivity contribution in [2.24, 2.45) is 11.7 Å². The molecular weight excluding hydrogens is 172 g/mol. The summed E-state index contributed by atoms with van der Waals surface area (Å²) in [5, 5.41) is 0. The van der Waals surface area contributed by atoms with E-state index in [-0.39, 0.29) is 0 Å². The van der Waals surface area contributed by atoms with Gasteiger partial charge in [-0.15, -0.1) is 0 Å². The smallest absolute Gasteiger partial charge is 0.00965 e. The summed E-state index contributed by atoms with van der Waals surface area (Å²) in [5.41, 5.74) is 5.58. The molecule has 1 atom stereocenters. The summed E-state index contributed by atoms with van der Waals surface area (Å²) in [7, 11) is 0. The molecule has 0 spiro atoms. The summed E-state index contributed by atoms with van der Waals surface area (Å²) in [6.07, 6.45) is 6.70. The van der Waals surface area contributed by atoms with Gasteiger partial charge in [0.1, 0.15) is 0 Å². The van der Waals surface area contributed by atoms with Crippen LogP contribution in [0.25, 0.3) is 0 Å². The second-order valence-electron chi connectivity index (χ2n) is 4.76. The highest BCUT2D eigenvalue weighted by Crippen LogP contribution is 2.28. The third-order valence-corrected chi connectivity index (χ3v) is 3.07. The quantitative estimate of drug-likeness (QED) is 0.648. The van der Waals surface area contributed by atoms with Gasteiger partial charge in [-0.3, -0.25) is 0 Å². The summed E-state index contributed by atoms with van der Waals surface area (Å²) >= 11 is 0. The lowest BCUT2D eigenvalue weighted by Gasteiger charge is -2.25. The maximum Gasteiger partial charge on any atom is 0.00965 e. The molecule has 0 saturated heterocycles. The largest absolute Gasteiger partial charge is 0.330 e. The highest BCUT2D eigenvalue weighted by Gasteiger charge is 2.28. The molecule has 1 saturated carbocycles. The average Bonchev–Trinajstić information content (AvgIpc) is 2.95. The van der Waals surface area contributed by atoms with Crippen LogP contribution in [0.2, 0.25) is 0 Å². The molecule has 0 heterocycles. The molecule has 0 aromatic rings. The Kier molecular flexibility index (Phi) is 5.49. The second-order valence-corrected chi connectivity index (χ2v) is 4.76. The maximum atomic E-state index is 5.58. The highest BCUT2D eigenvalue weighted by molar-refractivity contribution is 4.85. The van der Waals surface area contributed by atoms with Crippen molar-refractivity contribution >= 4 is 0 Å². The van der Waals surface area contributed by atoms with Gasteiger partial charge in [0.2, 0.25) is 0 Å². The van der Waals surface area contributed by atoms with Gasteiger partial charge in [-0.05, 0) is 44.7 Å². The van der Waals surface area contributed by atoms with Crippen molar-refractivity contribution in [2.45, 2.75) is 52.0 Å². The molecule has 1 aliphatic carbocycles. The van der Waals surface area contributed by atoms with E-state index in [4.69, 9.17) is 5.73 Å². The van der Waals surface area contributed by atoms with Crippen molar-refractivity contribution in [3.63, 3.8) is 0 Å². The van der Waals surface area contributed by atoms with E-state index in [9.17, 15) is 0 Å². The number of hydrogen-bond donors (Lipinski definition) is 1. The molecule has 0 aromatic carbocycles. The van der Waals surface area contributed by atoms with E-state index in [1.807, 2.05) is 0 Å². The zero-order valence-electron chi connectivity index (χ0n) is 9.84. The van der Waals surface area contributed by atoms with Crippen molar-refractivity contribution in [1.29, 1.82) is 0 Å². The Morgan fingerprint density at radius 1 is 1.43 bits per heavy atom. The molecule has 0 aromatic heterocycles. The van der Waals surface area contributed by atoms with Crippen LogP contribution in [0.3, 0.4) is 0 Å².